The highest BCUT2D eigenvalue weighted by Crippen LogP contribution is 2.26. The number of fused-ring (bicyclic) bond motifs is 1. The molecule has 2 aliphatic rings. The number of rotatable bonds is 8. The Kier molecular flexibility index (Phi) is 7.23. The Balaban J connectivity index is 1.52. The van der Waals surface area contributed by atoms with Crippen LogP contribution in [0.4, 0.5) is 0 Å². The second-order valence-corrected chi connectivity index (χ2v) is 11.6. The number of thioether (sulfide) groups is 1. The maximum atomic E-state index is 12.9. The molecule has 0 saturated carbocycles. The summed E-state index contributed by atoms with van der Waals surface area (Å²) in [4.78, 5) is 17.5. The molecule has 3 heterocycles. The predicted octanol–water partition coefficient (Wildman–Crippen LogP) is 3.18. The minimum Gasteiger partial charge on any atom is -0.353 e. The van der Waals surface area contributed by atoms with Crippen molar-refractivity contribution in [2.45, 2.75) is 69.4 Å². The lowest BCUT2D eigenvalue weighted by atomic mass is 10.1. The van der Waals surface area contributed by atoms with Gasteiger partial charge in [-0.3, -0.25) is 4.79 Å². The van der Waals surface area contributed by atoms with Crippen molar-refractivity contribution in [1.82, 2.24) is 19.2 Å². The number of hydrogen-bond donors (Lipinski definition) is 1. The number of carbonyl (C=O) groups is 1. The largest absolute Gasteiger partial charge is 0.353 e. The number of benzene rings is 1. The zero-order chi connectivity index (χ0) is 21.8. The topological polar surface area (TPSA) is 84.3 Å². The van der Waals surface area contributed by atoms with Crippen molar-refractivity contribution < 1.29 is 13.2 Å². The average Bonchev–Trinajstić information content (AvgIpc) is 3.42. The fourth-order valence-corrected chi connectivity index (χ4v) is 7.07. The molecule has 0 unspecified atom stereocenters. The fourth-order valence-electron chi connectivity index (χ4n) is 4.43. The first-order valence-electron chi connectivity index (χ1n) is 11.4. The zero-order valence-corrected chi connectivity index (χ0v) is 19.8. The van der Waals surface area contributed by atoms with Crippen molar-refractivity contribution in [2.24, 2.45) is 0 Å². The highest BCUT2D eigenvalue weighted by molar-refractivity contribution is 7.99. The molecule has 0 bridgehead atoms. The van der Waals surface area contributed by atoms with Crippen LogP contribution in [0.1, 0.15) is 51.3 Å². The van der Waals surface area contributed by atoms with Crippen LogP contribution in [0.25, 0.3) is 11.0 Å². The van der Waals surface area contributed by atoms with E-state index >= 15 is 0 Å². The molecule has 31 heavy (non-hydrogen) atoms. The maximum absolute atomic E-state index is 12.9. The summed E-state index contributed by atoms with van der Waals surface area (Å²) in [5.74, 6) is 3.14. The molecule has 2 aromatic rings. The van der Waals surface area contributed by atoms with Crippen LogP contribution >= 0.6 is 11.8 Å². The first-order valence-corrected chi connectivity index (χ1v) is 13.9. The third-order valence-corrected chi connectivity index (χ3v) is 9.05. The van der Waals surface area contributed by atoms with Crippen LogP contribution in [0, 0.1) is 0 Å². The lowest BCUT2D eigenvalue weighted by Crippen LogP contribution is -2.37. The summed E-state index contributed by atoms with van der Waals surface area (Å²) in [7, 11) is -3.47. The molecule has 1 aromatic carbocycles. The number of aryl methyl sites for hydroxylation is 2. The van der Waals surface area contributed by atoms with Crippen LogP contribution in [0.2, 0.25) is 0 Å². The molecule has 0 spiro atoms. The van der Waals surface area contributed by atoms with Crippen LogP contribution in [0.5, 0.6) is 0 Å². The van der Waals surface area contributed by atoms with Crippen LogP contribution in [0.15, 0.2) is 23.1 Å². The van der Waals surface area contributed by atoms with E-state index in [0.717, 1.165) is 61.5 Å². The minimum atomic E-state index is -3.47. The van der Waals surface area contributed by atoms with Gasteiger partial charge in [0.25, 0.3) is 0 Å². The van der Waals surface area contributed by atoms with Gasteiger partial charge in [-0.05, 0) is 61.8 Å². The Morgan fingerprint density at radius 3 is 2.68 bits per heavy atom. The summed E-state index contributed by atoms with van der Waals surface area (Å²) in [6, 6.07) is 5.55. The lowest BCUT2D eigenvalue weighted by molar-refractivity contribution is -0.121. The molecular formula is C22H32N4O3S2. The molecule has 0 radical (unpaired) electrons. The molecule has 2 fully saturated rings. The Bertz CT molecular complexity index is 1020. The molecular weight excluding hydrogens is 432 g/mol. The van der Waals surface area contributed by atoms with Gasteiger partial charge in [-0.25, -0.2) is 13.4 Å². The van der Waals surface area contributed by atoms with Crippen molar-refractivity contribution >= 4 is 38.7 Å². The van der Waals surface area contributed by atoms with Gasteiger partial charge in [-0.15, -0.1) is 0 Å². The summed E-state index contributed by atoms with van der Waals surface area (Å²) < 4.78 is 29.6. The number of amides is 1. The number of nitrogens with one attached hydrogen (secondary N) is 1. The quantitative estimate of drug-likeness (QED) is 0.649. The third-order valence-electron chi connectivity index (χ3n) is 6.11. The van der Waals surface area contributed by atoms with E-state index in [0.29, 0.717) is 42.4 Å². The fraction of sp³-hybridized carbons (Fsp3) is 0.636. The minimum absolute atomic E-state index is 0.0734. The van der Waals surface area contributed by atoms with Gasteiger partial charge < -0.3 is 9.88 Å². The Morgan fingerprint density at radius 2 is 1.97 bits per heavy atom. The van der Waals surface area contributed by atoms with E-state index in [2.05, 4.69) is 16.8 Å². The number of imidazole rings is 1. The molecule has 2 saturated heterocycles. The molecule has 7 nitrogen and oxygen atoms in total. The monoisotopic (exact) mass is 464 g/mol. The van der Waals surface area contributed by atoms with Gasteiger partial charge in [0.1, 0.15) is 5.82 Å². The number of sulfonamides is 1. The van der Waals surface area contributed by atoms with E-state index in [-0.39, 0.29) is 5.91 Å². The maximum Gasteiger partial charge on any atom is 0.243 e. The molecule has 0 aliphatic carbocycles. The van der Waals surface area contributed by atoms with Crippen molar-refractivity contribution in [3.05, 3.63) is 24.0 Å². The average molecular weight is 465 g/mol. The van der Waals surface area contributed by atoms with E-state index in [1.54, 1.807) is 16.4 Å². The van der Waals surface area contributed by atoms with Crippen molar-refractivity contribution in [3.63, 3.8) is 0 Å². The van der Waals surface area contributed by atoms with Crippen molar-refractivity contribution in [1.29, 1.82) is 0 Å². The lowest BCUT2D eigenvalue weighted by Gasteiger charge is -2.22. The first-order chi connectivity index (χ1) is 15.0. The molecule has 4 rings (SSSR count). The molecule has 2 aliphatic heterocycles. The van der Waals surface area contributed by atoms with Crippen LogP contribution in [0.3, 0.4) is 0 Å². The van der Waals surface area contributed by atoms with E-state index < -0.39 is 10.0 Å². The van der Waals surface area contributed by atoms with E-state index in [1.807, 2.05) is 17.8 Å². The molecule has 1 aromatic heterocycles. The summed E-state index contributed by atoms with van der Waals surface area (Å²) in [5.41, 5.74) is 1.62. The SMILES string of the molecule is CCCn1c(CCC(=O)NC2CCSCC2)nc2cc(S(=O)(=O)N3CCCC3)ccc21. The smallest absolute Gasteiger partial charge is 0.243 e. The van der Waals surface area contributed by atoms with Gasteiger partial charge in [-0.1, -0.05) is 6.92 Å². The highest BCUT2D eigenvalue weighted by Gasteiger charge is 2.28. The van der Waals surface area contributed by atoms with Crippen LogP contribution in [-0.2, 0) is 27.8 Å². The summed E-state index contributed by atoms with van der Waals surface area (Å²) in [5, 5.41) is 3.16. The van der Waals surface area contributed by atoms with Crippen LogP contribution < -0.4 is 5.32 Å². The van der Waals surface area contributed by atoms with Gasteiger partial charge in [-0.2, -0.15) is 16.1 Å². The molecule has 1 amide bonds. The van der Waals surface area contributed by atoms with Gasteiger partial charge in [0, 0.05) is 38.5 Å². The van der Waals surface area contributed by atoms with E-state index in [1.165, 1.54) is 0 Å². The summed E-state index contributed by atoms with van der Waals surface area (Å²) in [6.07, 6.45) is 5.80. The highest BCUT2D eigenvalue weighted by atomic mass is 32.2. The van der Waals surface area contributed by atoms with Crippen LogP contribution in [-0.4, -0.2) is 58.8 Å². The van der Waals surface area contributed by atoms with Gasteiger partial charge in [0.15, 0.2) is 0 Å². The molecule has 170 valence electrons. The molecule has 1 N–H and O–H groups in total. The molecule has 9 heteroatoms. The number of aromatic nitrogens is 2. The van der Waals surface area contributed by atoms with Gasteiger partial charge in [0.2, 0.25) is 15.9 Å². The second kappa shape index (κ2) is 9.92. The second-order valence-electron chi connectivity index (χ2n) is 8.40. The number of nitrogens with zero attached hydrogens (tertiary/aromatic N) is 3. The third kappa shape index (κ3) is 5.09. The van der Waals surface area contributed by atoms with E-state index in [9.17, 15) is 13.2 Å². The Hall–Kier alpha value is -1.58. The predicted molar refractivity (Wildman–Crippen MR) is 125 cm³/mol. The standard InChI is InChI=1S/C22H32N4O3S2/c1-2-11-26-20-6-5-18(31(28,29)25-12-3-4-13-25)16-19(20)24-21(26)7-8-22(27)23-17-9-14-30-15-10-17/h5-6,16-17H,2-4,7-15H2,1H3,(H,23,27). The van der Waals surface area contributed by atoms with Crippen molar-refractivity contribution in [2.75, 3.05) is 24.6 Å². The Morgan fingerprint density at radius 1 is 1.23 bits per heavy atom. The molecule has 0 atom stereocenters. The number of carbonyl (C=O) groups excluding carboxylic acids is 1. The van der Waals surface area contributed by atoms with E-state index in [4.69, 9.17) is 4.98 Å². The van der Waals surface area contributed by atoms with Crippen molar-refractivity contribution in [3.8, 4) is 0 Å². The number of hydrogen-bond acceptors (Lipinski definition) is 5. The Labute approximate surface area is 189 Å². The van der Waals surface area contributed by atoms with Gasteiger partial charge >= 0.3 is 0 Å². The normalized spacial score (nSPS) is 18.6. The first kappa shape index (κ1) is 22.6. The summed E-state index contributed by atoms with van der Waals surface area (Å²) in [6.45, 7) is 4.08. The van der Waals surface area contributed by atoms with Gasteiger partial charge in [0.05, 0.1) is 15.9 Å². The summed E-state index contributed by atoms with van der Waals surface area (Å²) >= 11 is 1.95. The zero-order valence-electron chi connectivity index (χ0n) is 18.2.